The van der Waals surface area contributed by atoms with Crippen LogP contribution in [0, 0.1) is 5.82 Å². The Morgan fingerprint density at radius 3 is 2.75 bits per heavy atom. The lowest BCUT2D eigenvalue weighted by Crippen LogP contribution is -1.96. The summed E-state index contributed by atoms with van der Waals surface area (Å²) in [6, 6.07) is 4.85. The molecule has 1 aromatic carbocycles. The first-order valence-corrected chi connectivity index (χ1v) is 5.61. The normalized spacial score (nSPS) is 10.8. The van der Waals surface area contributed by atoms with Crippen LogP contribution < -0.4 is 5.73 Å². The molecule has 16 heavy (non-hydrogen) atoms. The number of aryl methyl sites for hydroxylation is 1. The Kier molecular flexibility index (Phi) is 2.90. The number of nitrogens with zero attached hydrogens (tertiary/aromatic N) is 2. The molecule has 0 aliphatic rings. The fourth-order valence-electron chi connectivity index (χ4n) is 1.34. The molecule has 0 spiro atoms. The Hall–Kier alpha value is -1.07. The summed E-state index contributed by atoms with van der Waals surface area (Å²) in [6.45, 7) is 0. The molecule has 0 aliphatic carbocycles. The van der Waals surface area contributed by atoms with Gasteiger partial charge in [-0.1, -0.05) is 11.6 Å². The van der Waals surface area contributed by atoms with Crippen LogP contribution in [0.25, 0.3) is 11.3 Å². The van der Waals surface area contributed by atoms with Crippen molar-refractivity contribution < 1.29 is 4.39 Å². The summed E-state index contributed by atoms with van der Waals surface area (Å²) in [5.74, 6) is 0.0145. The van der Waals surface area contributed by atoms with Crippen LogP contribution in [0.1, 0.15) is 0 Å². The van der Waals surface area contributed by atoms with Gasteiger partial charge in [0.15, 0.2) is 5.82 Å². The first-order valence-electron chi connectivity index (χ1n) is 4.44. The maximum atomic E-state index is 13.5. The maximum absolute atomic E-state index is 13.5. The van der Waals surface area contributed by atoms with Gasteiger partial charge < -0.3 is 5.73 Å². The van der Waals surface area contributed by atoms with Crippen LogP contribution >= 0.6 is 27.5 Å². The summed E-state index contributed by atoms with van der Waals surface area (Å²) in [5, 5.41) is 4.23. The third kappa shape index (κ3) is 1.81. The minimum atomic E-state index is -0.497. The van der Waals surface area contributed by atoms with Gasteiger partial charge in [0, 0.05) is 18.7 Å². The number of rotatable bonds is 1. The minimum absolute atomic E-state index is 0.0690. The molecule has 0 bridgehead atoms. The van der Waals surface area contributed by atoms with Crippen molar-refractivity contribution in [2.24, 2.45) is 7.05 Å². The highest BCUT2D eigenvalue weighted by molar-refractivity contribution is 9.10. The highest BCUT2D eigenvalue weighted by Gasteiger charge is 2.14. The molecule has 0 saturated heterocycles. The van der Waals surface area contributed by atoms with E-state index >= 15 is 0 Å². The van der Waals surface area contributed by atoms with E-state index in [1.807, 2.05) is 0 Å². The van der Waals surface area contributed by atoms with Crippen LogP contribution in [0.4, 0.5) is 10.2 Å². The Morgan fingerprint density at radius 1 is 1.50 bits per heavy atom. The molecule has 0 aliphatic heterocycles. The molecule has 2 aromatic rings. The Balaban J connectivity index is 2.61. The van der Waals surface area contributed by atoms with Crippen molar-refractivity contribution in [2.45, 2.75) is 0 Å². The van der Waals surface area contributed by atoms with E-state index in [-0.39, 0.29) is 9.50 Å². The van der Waals surface area contributed by atoms with Crippen molar-refractivity contribution in [3.05, 3.63) is 33.5 Å². The summed E-state index contributed by atoms with van der Waals surface area (Å²) in [7, 11) is 1.72. The lowest BCUT2D eigenvalue weighted by atomic mass is 10.1. The van der Waals surface area contributed by atoms with Crippen molar-refractivity contribution in [3.8, 4) is 11.3 Å². The van der Waals surface area contributed by atoms with Gasteiger partial charge in [-0.15, -0.1) is 0 Å². The number of nitrogen functional groups attached to an aromatic ring is 1. The smallest absolute Gasteiger partial charge is 0.156 e. The summed E-state index contributed by atoms with van der Waals surface area (Å²) < 4.78 is 15.4. The van der Waals surface area contributed by atoms with Crippen LogP contribution in [-0.2, 0) is 7.05 Å². The topological polar surface area (TPSA) is 43.8 Å². The summed E-state index contributed by atoms with van der Waals surface area (Å²) >= 11 is 8.81. The number of anilines is 1. The van der Waals surface area contributed by atoms with Crippen molar-refractivity contribution in [3.63, 3.8) is 0 Å². The molecule has 1 heterocycles. The molecule has 0 amide bonds. The molecule has 6 heteroatoms. The third-order valence-electron chi connectivity index (χ3n) is 2.23. The van der Waals surface area contributed by atoms with Crippen LogP contribution in [0.3, 0.4) is 0 Å². The number of nitrogens with two attached hydrogens (primary N) is 1. The molecule has 2 N–H and O–H groups in total. The molecule has 0 saturated carbocycles. The molecule has 0 atom stereocenters. The fourth-order valence-corrected chi connectivity index (χ4v) is 2.16. The molecule has 0 unspecified atom stereocenters. The first kappa shape index (κ1) is 11.4. The van der Waals surface area contributed by atoms with Gasteiger partial charge in [0.25, 0.3) is 0 Å². The summed E-state index contributed by atoms with van der Waals surface area (Å²) in [4.78, 5) is 0. The number of hydrogen-bond acceptors (Lipinski definition) is 2. The quantitative estimate of drug-likeness (QED) is 0.822. The fraction of sp³-hybridized carbons (Fsp3) is 0.100. The largest absolute Gasteiger partial charge is 0.384 e. The Morgan fingerprint density at radius 2 is 2.19 bits per heavy atom. The van der Waals surface area contributed by atoms with Crippen molar-refractivity contribution in [1.82, 2.24) is 9.78 Å². The average molecular weight is 305 g/mol. The summed E-state index contributed by atoms with van der Waals surface area (Å²) in [5.41, 5.74) is 6.88. The Bertz CT molecular complexity index is 534. The first-order chi connectivity index (χ1) is 7.50. The van der Waals surface area contributed by atoms with Gasteiger partial charge in [-0.2, -0.15) is 5.10 Å². The van der Waals surface area contributed by atoms with Gasteiger partial charge >= 0.3 is 0 Å². The van der Waals surface area contributed by atoms with Gasteiger partial charge in [-0.3, -0.25) is 4.68 Å². The van der Waals surface area contributed by atoms with E-state index in [9.17, 15) is 4.39 Å². The number of aromatic nitrogens is 2. The number of halogens is 3. The monoisotopic (exact) mass is 303 g/mol. The standard InChI is InChI=1S/C10H8BrClFN3/c1-16-8(14)4-7(15-16)5-2-3-6(12)10(13)9(5)11/h2-4H,14H2,1H3. The van der Waals surface area contributed by atoms with Crippen LogP contribution in [0.2, 0.25) is 5.02 Å². The van der Waals surface area contributed by atoms with E-state index in [2.05, 4.69) is 21.0 Å². The molecular weight excluding hydrogens is 296 g/mol. The second kappa shape index (κ2) is 4.07. The van der Waals surface area contributed by atoms with E-state index in [1.165, 1.54) is 10.7 Å². The van der Waals surface area contributed by atoms with Crippen molar-refractivity contribution in [1.29, 1.82) is 0 Å². The second-order valence-corrected chi connectivity index (χ2v) is 4.50. The van der Waals surface area contributed by atoms with Crippen LogP contribution in [-0.4, -0.2) is 9.78 Å². The Labute approximate surface area is 105 Å². The van der Waals surface area contributed by atoms with Gasteiger partial charge in [0.2, 0.25) is 0 Å². The lowest BCUT2D eigenvalue weighted by Gasteiger charge is -2.03. The highest BCUT2D eigenvalue weighted by atomic mass is 79.9. The van der Waals surface area contributed by atoms with Gasteiger partial charge in [-0.05, 0) is 28.1 Å². The SMILES string of the molecule is Cn1nc(-c2ccc(Cl)c(F)c2Br)cc1N. The van der Waals surface area contributed by atoms with E-state index in [0.29, 0.717) is 17.1 Å². The lowest BCUT2D eigenvalue weighted by molar-refractivity contribution is 0.622. The zero-order valence-electron chi connectivity index (χ0n) is 8.34. The predicted octanol–water partition coefficient (Wildman–Crippen LogP) is 3.22. The van der Waals surface area contributed by atoms with Crippen molar-refractivity contribution >= 4 is 33.3 Å². The molecule has 3 nitrogen and oxygen atoms in total. The van der Waals surface area contributed by atoms with Crippen molar-refractivity contribution in [2.75, 3.05) is 5.73 Å². The number of benzene rings is 1. The zero-order chi connectivity index (χ0) is 11.9. The zero-order valence-corrected chi connectivity index (χ0v) is 10.7. The van der Waals surface area contributed by atoms with Gasteiger partial charge in [0.1, 0.15) is 5.82 Å². The van der Waals surface area contributed by atoms with Gasteiger partial charge in [0.05, 0.1) is 15.2 Å². The third-order valence-corrected chi connectivity index (χ3v) is 3.29. The molecule has 0 radical (unpaired) electrons. The van der Waals surface area contributed by atoms with E-state index in [4.69, 9.17) is 17.3 Å². The molecule has 2 rings (SSSR count). The average Bonchev–Trinajstić information content (AvgIpc) is 2.56. The van der Waals surface area contributed by atoms with E-state index in [0.717, 1.165) is 0 Å². The highest BCUT2D eigenvalue weighted by Crippen LogP contribution is 2.33. The summed E-state index contributed by atoms with van der Waals surface area (Å²) in [6.07, 6.45) is 0. The molecule has 84 valence electrons. The van der Waals surface area contributed by atoms with Gasteiger partial charge in [-0.25, -0.2) is 4.39 Å². The van der Waals surface area contributed by atoms with E-state index < -0.39 is 5.82 Å². The molecular formula is C10H8BrClFN3. The van der Waals surface area contributed by atoms with Crippen LogP contribution in [0.15, 0.2) is 22.7 Å². The maximum Gasteiger partial charge on any atom is 0.156 e. The predicted molar refractivity (Wildman–Crippen MR) is 65.7 cm³/mol. The minimum Gasteiger partial charge on any atom is -0.384 e. The second-order valence-electron chi connectivity index (χ2n) is 3.30. The molecule has 0 fully saturated rings. The number of hydrogen-bond donors (Lipinski definition) is 1. The van der Waals surface area contributed by atoms with Crippen LogP contribution in [0.5, 0.6) is 0 Å². The molecule has 1 aromatic heterocycles. The van der Waals surface area contributed by atoms with E-state index in [1.54, 1.807) is 19.2 Å².